The van der Waals surface area contributed by atoms with Crippen LogP contribution in [-0.2, 0) is 6.54 Å². The second-order valence-electron chi connectivity index (χ2n) is 4.75. The molecule has 1 aliphatic rings. The fraction of sp³-hybridized carbons (Fsp3) is 0.385. The maximum absolute atomic E-state index is 5.85. The zero-order chi connectivity index (χ0) is 13.2. The van der Waals surface area contributed by atoms with Gasteiger partial charge < -0.3 is 9.84 Å². The quantitative estimate of drug-likeness (QED) is 0.924. The summed E-state index contributed by atoms with van der Waals surface area (Å²) in [5.41, 5.74) is 0.910. The third-order valence-corrected chi connectivity index (χ3v) is 3.59. The van der Waals surface area contributed by atoms with Crippen LogP contribution in [-0.4, -0.2) is 41.2 Å². The Morgan fingerprint density at radius 1 is 1.37 bits per heavy atom. The van der Waals surface area contributed by atoms with Crippen molar-refractivity contribution in [2.24, 2.45) is 0 Å². The molecule has 1 fully saturated rings. The average molecular weight is 279 g/mol. The van der Waals surface area contributed by atoms with Crippen LogP contribution < -0.4 is 5.32 Å². The molecule has 1 saturated heterocycles. The van der Waals surface area contributed by atoms with Crippen LogP contribution in [0.2, 0.25) is 5.02 Å². The third kappa shape index (κ3) is 2.78. The molecule has 0 atom stereocenters. The molecule has 0 spiro atoms. The highest BCUT2D eigenvalue weighted by Crippen LogP contribution is 2.19. The normalized spacial score (nSPS) is 15.7. The molecule has 2 aromatic rings. The van der Waals surface area contributed by atoms with E-state index in [1.165, 1.54) is 0 Å². The van der Waals surface area contributed by atoms with Crippen LogP contribution in [0.25, 0.3) is 11.4 Å². The highest BCUT2D eigenvalue weighted by atomic mass is 35.5. The summed E-state index contributed by atoms with van der Waals surface area (Å²) in [7, 11) is 2.07. The third-order valence-electron chi connectivity index (χ3n) is 3.34. The lowest BCUT2D eigenvalue weighted by Gasteiger charge is -2.34. The van der Waals surface area contributed by atoms with Crippen LogP contribution in [0.3, 0.4) is 0 Å². The van der Waals surface area contributed by atoms with Crippen LogP contribution in [0.1, 0.15) is 5.89 Å². The number of nitrogens with zero attached hydrogens (tertiary/aromatic N) is 3. The maximum Gasteiger partial charge on any atom is 0.241 e. The van der Waals surface area contributed by atoms with Gasteiger partial charge in [-0.05, 0) is 31.3 Å². The Kier molecular flexibility index (Phi) is 3.50. The topological polar surface area (TPSA) is 54.2 Å². The average Bonchev–Trinajstić information content (AvgIpc) is 2.76. The van der Waals surface area contributed by atoms with E-state index in [-0.39, 0.29) is 0 Å². The number of halogens is 1. The van der Waals surface area contributed by atoms with Crippen LogP contribution in [0.5, 0.6) is 0 Å². The Morgan fingerprint density at radius 3 is 2.74 bits per heavy atom. The van der Waals surface area contributed by atoms with Gasteiger partial charge in [-0.3, -0.25) is 4.90 Å². The minimum absolute atomic E-state index is 0.561. The van der Waals surface area contributed by atoms with Gasteiger partial charge in [-0.25, -0.2) is 0 Å². The number of nitrogens with one attached hydrogen (secondary N) is 1. The van der Waals surface area contributed by atoms with Gasteiger partial charge in [0.25, 0.3) is 0 Å². The first-order valence-electron chi connectivity index (χ1n) is 6.22. The molecule has 100 valence electrons. The van der Waals surface area contributed by atoms with Crippen LogP contribution in [0, 0.1) is 0 Å². The van der Waals surface area contributed by atoms with Crippen LogP contribution >= 0.6 is 11.6 Å². The molecule has 19 heavy (non-hydrogen) atoms. The fourth-order valence-corrected chi connectivity index (χ4v) is 2.09. The summed E-state index contributed by atoms with van der Waals surface area (Å²) in [6.45, 7) is 2.72. The van der Waals surface area contributed by atoms with E-state index in [9.17, 15) is 0 Å². The van der Waals surface area contributed by atoms with E-state index >= 15 is 0 Å². The van der Waals surface area contributed by atoms with Crippen molar-refractivity contribution < 1.29 is 4.52 Å². The predicted octanol–water partition coefficient (Wildman–Crippen LogP) is 1.79. The summed E-state index contributed by atoms with van der Waals surface area (Å²) in [5, 5.41) is 7.94. The first-order chi connectivity index (χ1) is 9.22. The van der Waals surface area contributed by atoms with E-state index < -0.39 is 0 Å². The molecule has 0 aliphatic carbocycles. The van der Waals surface area contributed by atoms with Crippen molar-refractivity contribution in [3.63, 3.8) is 0 Å². The summed E-state index contributed by atoms with van der Waals surface area (Å²) in [4.78, 5) is 6.63. The number of likely N-dealkylation sites (N-methyl/N-ethyl adjacent to an activating group) is 1. The number of hydrogen-bond acceptors (Lipinski definition) is 5. The van der Waals surface area contributed by atoms with Gasteiger partial charge >= 0.3 is 0 Å². The van der Waals surface area contributed by atoms with Gasteiger partial charge in [0.15, 0.2) is 0 Å². The van der Waals surface area contributed by atoms with E-state index in [0.717, 1.165) is 18.7 Å². The zero-order valence-electron chi connectivity index (χ0n) is 10.6. The Balaban J connectivity index is 1.70. The maximum atomic E-state index is 5.85. The lowest BCUT2D eigenvalue weighted by atomic mass is 10.1. The molecule has 1 aromatic heterocycles. The van der Waals surface area contributed by atoms with E-state index in [1.807, 2.05) is 24.3 Å². The molecule has 3 rings (SSSR count). The van der Waals surface area contributed by atoms with Gasteiger partial charge in [0.2, 0.25) is 11.7 Å². The molecule has 0 bridgehead atoms. The molecule has 1 N–H and O–H groups in total. The van der Waals surface area contributed by atoms with Crippen molar-refractivity contribution in [1.29, 1.82) is 0 Å². The first-order valence-corrected chi connectivity index (χ1v) is 6.59. The first kappa shape index (κ1) is 12.6. The van der Waals surface area contributed by atoms with Gasteiger partial charge in [-0.15, -0.1) is 0 Å². The van der Waals surface area contributed by atoms with Crippen molar-refractivity contribution in [1.82, 2.24) is 20.4 Å². The van der Waals surface area contributed by atoms with Gasteiger partial charge in [0.1, 0.15) is 0 Å². The molecule has 6 heteroatoms. The van der Waals surface area contributed by atoms with E-state index in [1.54, 1.807) is 0 Å². The molecule has 2 heterocycles. The zero-order valence-corrected chi connectivity index (χ0v) is 11.4. The Morgan fingerprint density at radius 2 is 2.11 bits per heavy atom. The highest BCUT2D eigenvalue weighted by molar-refractivity contribution is 6.30. The smallest absolute Gasteiger partial charge is 0.241 e. The lowest BCUT2D eigenvalue weighted by molar-refractivity contribution is 0.155. The number of rotatable bonds is 4. The Hall–Kier alpha value is -1.43. The van der Waals surface area contributed by atoms with E-state index in [0.29, 0.717) is 29.3 Å². The number of hydrogen-bond donors (Lipinski definition) is 1. The van der Waals surface area contributed by atoms with Gasteiger partial charge in [0.05, 0.1) is 6.54 Å². The summed E-state index contributed by atoms with van der Waals surface area (Å²) in [6, 6.07) is 7.97. The van der Waals surface area contributed by atoms with Crippen molar-refractivity contribution in [3.05, 3.63) is 35.2 Å². The molecule has 0 amide bonds. The van der Waals surface area contributed by atoms with Crippen molar-refractivity contribution in [2.45, 2.75) is 12.6 Å². The summed E-state index contributed by atoms with van der Waals surface area (Å²) in [5.74, 6) is 1.24. The molecular weight excluding hydrogens is 264 g/mol. The van der Waals surface area contributed by atoms with Crippen LogP contribution in [0.4, 0.5) is 0 Å². The van der Waals surface area contributed by atoms with E-state index in [2.05, 4.69) is 27.4 Å². The summed E-state index contributed by atoms with van der Waals surface area (Å²) >= 11 is 5.85. The molecule has 0 radical (unpaired) electrons. The van der Waals surface area contributed by atoms with E-state index in [4.69, 9.17) is 16.1 Å². The molecule has 0 unspecified atom stereocenters. The minimum atomic E-state index is 0.561. The van der Waals surface area contributed by atoms with Crippen molar-refractivity contribution >= 4 is 11.6 Å². The Labute approximate surface area is 116 Å². The van der Waals surface area contributed by atoms with Gasteiger partial charge in [-0.1, -0.05) is 16.8 Å². The SMILES string of the molecule is CN(Cc1nc(-c2ccc(Cl)cc2)no1)C1CNC1. The highest BCUT2D eigenvalue weighted by Gasteiger charge is 2.23. The van der Waals surface area contributed by atoms with Gasteiger partial charge in [0, 0.05) is 29.7 Å². The molecule has 1 aromatic carbocycles. The van der Waals surface area contributed by atoms with Crippen molar-refractivity contribution in [3.8, 4) is 11.4 Å². The predicted molar refractivity (Wildman–Crippen MR) is 72.9 cm³/mol. The molecule has 0 saturated carbocycles. The molecular formula is C13H15ClN4O. The van der Waals surface area contributed by atoms with Gasteiger partial charge in [-0.2, -0.15) is 4.98 Å². The van der Waals surface area contributed by atoms with Crippen LogP contribution in [0.15, 0.2) is 28.8 Å². The second kappa shape index (κ2) is 5.28. The lowest BCUT2D eigenvalue weighted by Crippen LogP contribution is -2.55. The molecule has 5 nitrogen and oxygen atoms in total. The molecule has 1 aliphatic heterocycles. The van der Waals surface area contributed by atoms with Crippen molar-refractivity contribution in [2.75, 3.05) is 20.1 Å². The second-order valence-corrected chi connectivity index (χ2v) is 5.18. The monoisotopic (exact) mass is 278 g/mol. The minimum Gasteiger partial charge on any atom is -0.338 e. The fourth-order valence-electron chi connectivity index (χ4n) is 1.96. The number of aromatic nitrogens is 2. The largest absolute Gasteiger partial charge is 0.338 e. The Bertz CT molecular complexity index is 550. The summed E-state index contributed by atoms with van der Waals surface area (Å²) < 4.78 is 5.28. The number of benzene rings is 1. The summed E-state index contributed by atoms with van der Waals surface area (Å²) in [6.07, 6.45) is 0. The standard InChI is InChI=1S/C13H15ClN4O/c1-18(11-6-15-7-11)8-12-16-13(17-19-12)9-2-4-10(14)5-3-9/h2-5,11,15H,6-8H2,1H3.